The molecule has 0 unspecified atom stereocenters. The van der Waals surface area contributed by atoms with Crippen LogP contribution in [0, 0.1) is 0 Å². The van der Waals surface area contributed by atoms with Crippen molar-refractivity contribution in [1.29, 1.82) is 0 Å². The van der Waals surface area contributed by atoms with E-state index in [0.717, 1.165) is 4.90 Å². The molecule has 0 aliphatic carbocycles. The van der Waals surface area contributed by atoms with Crippen molar-refractivity contribution in [3.05, 3.63) is 57.1 Å². The molecule has 3 rings (SSSR count). The molecule has 8 nitrogen and oxygen atoms in total. The molecule has 0 spiro atoms. The van der Waals surface area contributed by atoms with E-state index in [2.05, 4.69) is 10.1 Å². The summed E-state index contributed by atoms with van der Waals surface area (Å²) in [5.74, 6) is -0.682. The smallest absolute Gasteiger partial charge is 0.373 e. The lowest BCUT2D eigenvalue weighted by Crippen LogP contribution is -2.30. The summed E-state index contributed by atoms with van der Waals surface area (Å²) in [7, 11) is 2.65. The number of ether oxygens (including phenoxy) is 2. The average Bonchev–Trinajstić information content (AvgIpc) is 3.22. The van der Waals surface area contributed by atoms with Crippen LogP contribution in [0.4, 0.5) is 4.79 Å². The van der Waals surface area contributed by atoms with Gasteiger partial charge in [-0.05, 0) is 35.9 Å². The lowest BCUT2D eigenvalue weighted by atomic mass is 10.1. The molecule has 3 amide bonds. The number of urea groups is 1. The van der Waals surface area contributed by atoms with Gasteiger partial charge in [0.05, 0.1) is 30.8 Å². The molecule has 1 aromatic carbocycles. The Morgan fingerprint density at radius 2 is 1.89 bits per heavy atom. The zero-order valence-corrected chi connectivity index (χ0v) is 16.3. The summed E-state index contributed by atoms with van der Waals surface area (Å²) in [6, 6.07) is 5.36. The van der Waals surface area contributed by atoms with Crippen LogP contribution in [-0.2, 0) is 16.1 Å². The third-order valence-electron chi connectivity index (χ3n) is 3.86. The van der Waals surface area contributed by atoms with Gasteiger partial charge < -0.3 is 19.2 Å². The Labute approximate surface area is 169 Å². The molecule has 0 saturated carbocycles. The maximum absolute atomic E-state index is 12.6. The molecule has 146 valence electrons. The van der Waals surface area contributed by atoms with Gasteiger partial charge in [-0.3, -0.25) is 9.69 Å². The minimum Gasteiger partial charge on any atom is -0.494 e. The van der Waals surface area contributed by atoms with Gasteiger partial charge >= 0.3 is 12.0 Å². The highest BCUT2D eigenvalue weighted by atomic mass is 35.5. The van der Waals surface area contributed by atoms with Crippen LogP contribution in [-0.4, -0.2) is 37.0 Å². The van der Waals surface area contributed by atoms with Crippen LogP contribution in [0.3, 0.4) is 0 Å². The van der Waals surface area contributed by atoms with Gasteiger partial charge in [-0.2, -0.15) is 0 Å². The van der Waals surface area contributed by atoms with Crippen molar-refractivity contribution in [3.63, 3.8) is 0 Å². The quantitative estimate of drug-likeness (QED) is 0.448. The Morgan fingerprint density at radius 3 is 2.50 bits per heavy atom. The molecule has 1 aliphatic rings. The fourth-order valence-electron chi connectivity index (χ4n) is 2.57. The van der Waals surface area contributed by atoms with Crippen molar-refractivity contribution in [2.24, 2.45) is 0 Å². The number of methoxy groups -OCH3 is 2. The predicted octanol–water partition coefficient (Wildman–Crippen LogP) is 3.47. The van der Waals surface area contributed by atoms with Crippen molar-refractivity contribution in [3.8, 4) is 5.75 Å². The number of halogens is 2. The molecule has 1 N–H and O–H groups in total. The largest absolute Gasteiger partial charge is 0.494 e. The van der Waals surface area contributed by atoms with Crippen molar-refractivity contribution in [2.45, 2.75) is 6.54 Å². The van der Waals surface area contributed by atoms with Gasteiger partial charge in [0.1, 0.15) is 11.5 Å². The summed E-state index contributed by atoms with van der Waals surface area (Å²) in [6.07, 6.45) is 1.44. The SMILES string of the molecule is COC(=O)c1ccc(CN2C(=O)NC(=Cc3cc(Cl)c(OC)c(Cl)c3)C2=O)o1. The molecule has 2 heterocycles. The number of rotatable bonds is 5. The van der Waals surface area contributed by atoms with Crippen molar-refractivity contribution in [2.75, 3.05) is 14.2 Å². The molecule has 0 radical (unpaired) electrons. The van der Waals surface area contributed by atoms with Crippen LogP contribution in [0.1, 0.15) is 21.9 Å². The molecule has 1 fully saturated rings. The summed E-state index contributed by atoms with van der Waals surface area (Å²) in [4.78, 5) is 37.1. The Kier molecular flexibility index (Phi) is 5.62. The van der Waals surface area contributed by atoms with Crippen LogP contribution >= 0.6 is 23.2 Å². The lowest BCUT2D eigenvalue weighted by molar-refractivity contribution is -0.123. The number of nitrogens with one attached hydrogen (secondary N) is 1. The molecule has 1 aliphatic heterocycles. The summed E-state index contributed by atoms with van der Waals surface area (Å²) in [6.45, 7) is -0.150. The molecule has 2 aromatic rings. The second-order valence-corrected chi connectivity index (χ2v) is 6.47. The van der Waals surface area contributed by atoms with Crippen molar-refractivity contribution < 1.29 is 28.3 Å². The Hall–Kier alpha value is -2.97. The van der Waals surface area contributed by atoms with E-state index in [-0.39, 0.29) is 33.8 Å². The van der Waals surface area contributed by atoms with E-state index in [9.17, 15) is 14.4 Å². The van der Waals surface area contributed by atoms with Gasteiger partial charge in [0.25, 0.3) is 5.91 Å². The predicted molar refractivity (Wildman–Crippen MR) is 100 cm³/mol. The normalized spacial score (nSPS) is 15.1. The zero-order chi connectivity index (χ0) is 20.4. The number of amides is 3. The van der Waals surface area contributed by atoms with Gasteiger partial charge in [-0.1, -0.05) is 23.2 Å². The number of hydrogen-bond acceptors (Lipinski definition) is 6. The summed E-state index contributed by atoms with van der Waals surface area (Å²) in [5.41, 5.74) is 0.550. The minimum absolute atomic E-state index is 0.0252. The lowest BCUT2D eigenvalue weighted by Gasteiger charge is -2.09. The fourth-order valence-corrected chi connectivity index (χ4v) is 3.23. The third-order valence-corrected chi connectivity index (χ3v) is 4.42. The maximum Gasteiger partial charge on any atom is 0.373 e. The number of carbonyl (C=O) groups is 3. The molecular weight excluding hydrogens is 411 g/mol. The molecule has 1 saturated heterocycles. The Morgan fingerprint density at radius 1 is 1.21 bits per heavy atom. The van der Waals surface area contributed by atoms with E-state index in [1.807, 2.05) is 0 Å². The highest BCUT2D eigenvalue weighted by molar-refractivity contribution is 6.37. The minimum atomic E-state index is -0.655. The van der Waals surface area contributed by atoms with Gasteiger partial charge in [-0.25, -0.2) is 9.59 Å². The highest BCUT2D eigenvalue weighted by Crippen LogP contribution is 2.34. The van der Waals surface area contributed by atoms with Crippen LogP contribution in [0.5, 0.6) is 5.75 Å². The van der Waals surface area contributed by atoms with Gasteiger partial charge in [0.2, 0.25) is 5.76 Å². The van der Waals surface area contributed by atoms with E-state index in [0.29, 0.717) is 11.3 Å². The molecule has 28 heavy (non-hydrogen) atoms. The van der Waals surface area contributed by atoms with Crippen LogP contribution in [0.2, 0.25) is 10.0 Å². The molecule has 1 aromatic heterocycles. The van der Waals surface area contributed by atoms with E-state index in [1.54, 1.807) is 12.1 Å². The first-order valence-corrected chi connectivity index (χ1v) is 8.64. The number of nitrogens with zero attached hydrogens (tertiary/aromatic N) is 1. The van der Waals surface area contributed by atoms with Gasteiger partial charge in [0.15, 0.2) is 5.75 Å². The van der Waals surface area contributed by atoms with Crippen LogP contribution in [0.15, 0.2) is 34.4 Å². The fraction of sp³-hybridized carbons (Fsp3) is 0.167. The Balaban J connectivity index is 1.81. The number of esters is 1. The summed E-state index contributed by atoms with van der Waals surface area (Å²) >= 11 is 12.2. The number of imide groups is 1. The monoisotopic (exact) mass is 424 g/mol. The standard InChI is InChI=1S/C18H14Cl2N2O6/c1-26-15-11(19)5-9(6-12(15)20)7-13-16(23)22(18(25)21-13)8-10-3-4-14(28-10)17(24)27-2/h3-7H,8H2,1-2H3,(H,21,25). The topological polar surface area (TPSA) is 98.1 Å². The zero-order valence-electron chi connectivity index (χ0n) is 14.7. The Bertz CT molecular complexity index is 975. The van der Waals surface area contributed by atoms with Gasteiger partial charge in [0, 0.05) is 0 Å². The second-order valence-electron chi connectivity index (χ2n) is 5.65. The van der Waals surface area contributed by atoms with Crippen LogP contribution < -0.4 is 10.1 Å². The number of hydrogen-bond donors (Lipinski definition) is 1. The van der Waals surface area contributed by atoms with Crippen LogP contribution in [0.25, 0.3) is 6.08 Å². The van der Waals surface area contributed by atoms with Gasteiger partial charge in [-0.15, -0.1) is 0 Å². The summed E-state index contributed by atoms with van der Waals surface area (Å²) in [5, 5.41) is 3.01. The van der Waals surface area contributed by atoms with E-state index in [4.69, 9.17) is 32.4 Å². The first-order chi connectivity index (χ1) is 13.3. The first-order valence-electron chi connectivity index (χ1n) is 7.88. The average molecular weight is 425 g/mol. The molecule has 10 heteroatoms. The number of furan rings is 1. The van der Waals surface area contributed by atoms with E-state index >= 15 is 0 Å². The number of carbonyl (C=O) groups excluding carboxylic acids is 3. The third kappa shape index (κ3) is 3.83. The highest BCUT2D eigenvalue weighted by Gasteiger charge is 2.34. The first kappa shape index (κ1) is 19.8. The molecular formula is C18H14Cl2N2O6. The van der Waals surface area contributed by atoms with Crippen molar-refractivity contribution in [1.82, 2.24) is 10.2 Å². The summed E-state index contributed by atoms with van der Waals surface area (Å²) < 4.78 is 14.9. The van der Waals surface area contributed by atoms with E-state index < -0.39 is 17.9 Å². The van der Waals surface area contributed by atoms with E-state index in [1.165, 1.54) is 32.4 Å². The van der Waals surface area contributed by atoms with Crippen molar-refractivity contribution >= 4 is 47.2 Å². The second kappa shape index (κ2) is 7.95. The molecule has 0 bridgehead atoms. The molecule has 0 atom stereocenters. The number of benzene rings is 1. The maximum atomic E-state index is 12.6.